The molecule has 0 aliphatic rings. The normalized spacial score (nSPS) is 12.2. The molecule has 0 saturated carbocycles. The minimum atomic E-state index is 1.14. The summed E-state index contributed by atoms with van der Waals surface area (Å²) >= 11 is 0. The summed E-state index contributed by atoms with van der Waals surface area (Å²) in [6, 6.07) is 69.0. The van der Waals surface area contributed by atoms with Crippen molar-refractivity contribution in [3.8, 4) is 17.1 Å². The van der Waals surface area contributed by atoms with Gasteiger partial charge in [0, 0.05) is 60.2 Å². The summed E-state index contributed by atoms with van der Waals surface area (Å²) in [5, 5.41) is 12.6. The van der Waals surface area contributed by atoms with E-state index in [9.17, 15) is 0 Å². The van der Waals surface area contributed by atoms with Gasteiger partial charge in [-0.25, -0.2) is 0 Å². The lowest BCUT2D eigenvalue weighted by atomic mass is 9.97. The van der Waals surface area contributed by atoms with Crippen LogP contribution in [0, 0.1) is 0 Å². The Labute approximate surface area is 304 Å². The van der Waals surface area contributed by atoms with Crippen LogP contribution in [0.2, 0.25) is 0 Å². The number of aromatic nitrogens is 3. The van der Waals surface area contributed by atoms with Crippen molar-refractivity contribution < 1.29 is 0 Å². The van der Waals surface area contributed by atoms with Crippen molar-refractivity contribution in [2.45, 2.75) is 0 Å². The van der Waals surface area contributed by atoms with Gasteiger partial charge in [0.25, 0.3) is 0 Å². The highest BCUT2D eigenvalue weighted by Crippen LogP contribution is 2.43. The maximum absolute atomic E-state index is 2.48. The third-order valence-electron chi connectivity index (χ3n) is 11.4. The molecular formula is C50H31N3. The Bertz CT molecular complexity index is 3400. The Balaban J connectivity index is 1.17. The topological polar surface area (TPSA) is 14.8 Å². The molecule has 0 bridgehead atoms. The van der Waals surface area contributed by atoms with Crippen LogP contribution in [0.3, 0.4) is 0 Å². The average Bonchev–Trinajstić information content (AvgIpc) is 3.87. The summed E-state index contributed by atoms with van der Waals surface area (Å²) in [7, 11) is 0. The molecule has 0 fully saturated rings. The number of rotatable bonds is 3. The smallest absolute Gasteiger partial charge is 0.0619 e. The number of nitrogens with zero attached hydrogens (tertiary/aromatic N) is 3. The standard InChI is InChI=1S/C50H31N3/c1-2-13-32(14-3-1)52-47-23-10-6-19-39(47)43-27-25-35-36-26-28-44-40-20-7-11-24-48(40)53(50(44)42(36)30-29-41(35)49(43)52)34-16-12-15-33(31-34)51-45-21-8-4-17-37(45)38-18-5-9-22-46(38)51/h1-31H. The molecule has 12 rings (SSSR count). The highest BCUT2D eigenvalue weighted by Gasteiger charge is 2.20. The van der Waals surface area contributed by atoms with Gasteiger partial charge in [0.05, 0.1) is 33.1 Å². The fourth-order valence-corrected chi connectivity index (χ4v) is 9.23. The third-order valence-corrected chi connectivity index (χ3v) is 11.4. The van der Waals surface area contributed by atoms with Crippen LogP contribution in [-0.4, -0.2) is 13.7 Å². The number of fused-ring (bicyclic) bond motifs is 14. The Morgan fingerprint density at radius 1 is 0.208 bits per heavy atom. The first kappa shape index (κ1) is 28.6. The van der Waals surface area contributed by atoms with Crippen LogP contribution in [0.25, 0.3) is 104 Å². The van der Waals surface area contributed by atoms with E-state index in [1.54, 1.807) is 0 Å². The first-order valence-corrected chi connectivity index (χ1v) is 18.3. The zero-order valence-corrected chi connectivity index (χ0v) is 28.7. The number of hydrogen-bond acceptors (Lipinski definition) is 0. The summed E-state index contributed by atoms with van der Waals surface area (Å²) in [5.41, 5.74) is 10.8. The zero-order valence-electron chi connectivity index (χ0n) is 28.7. The van der Waals surface area contributed by atoms with Gasteiger partial charge in [0.2, 0.25) is 0 Å². The van der Waals surface area contributed by atoms with Gasteiger partial charge < -0.3 is 13.7 Å². The molecule has 3 heterocycles. The minimum absolute atomic E-state index is 1.14. The molecule has 0 N–H and O–H groups in total. The van der Waals surface area contributed by atoms with Gasteiger partial charge in [0.15, 0.2) is 0 Å². The second-order valence-electron chi connectivity index (χ2n) is 14.1. The predicted octanol–water partition coefficient (Wildman–Crippen LogP) is 13.3. The van der Waals surface area contributed by atoms with Crippen LogP contribution >= 0.6 is 0 Å². The molecule has 0 amide bonds. The minimum Gasteiger partial charge on any atom is -0.309 e. The molecule has 9 aromatic carbocycles. The Morgan fingerprint density at radius 3 is 1.02 bits per heavy atom. The Kier molecular flexibility index (Phi) is 5.77. The quantitative estimate of drug-likeness (QED) is 0.166. The van der Waals surface area contributed by atoms with Crippen molar-refractivity contribution in [3.05, 3.63) is 188 Å². The molecule has 0 aliphatic carbocycles. The number of benzene rings is 9. The van der Waals surface area contributed by atoms with Crippen molar-refractivity contribution in [2.75, 3.05) is 0 Å². The highest BCUT2D eigenvalue weighted by atomic mass is 15.0. The molecule has 0 saturated heterocycles. The average molecular weight is 674 g/mol. The third kappa shape index (κ3) is 3.88. The van der Waals surface area contributed by atoms with E-state index >= 15 is 0 Å². The van der Waals surface area contributed by atoms with Crippen LogP contribution in [0.15, 0.2) is 188 Å². The van der Waals surface area contributed by atoms with Gasteiger partial charge in [-0.15, -0.1) is 0 Å². The van der Waals surface area contributed by atoms with E-state index in [1.807, 2.05) is 0 Å². The largest absolute Gasteiger partial charge is 0.309 e. The lowest BCUT2D eigenvalue weighted by molar-refractivity contribution is 1.14. The van der Waals surface area contributed by atoms with Crippen LogP contribution < -0.4 is 0 Å². The van der Waals surface area contributed by atoms with Crippen LogP contribution in [-0.2, 0) is 0 Å². The van der Waals surface area contributed by atoms with E-state index in [1.165, 1.54) is 92.6 Å². The van der Waals surface area contributed by atoms with E-state index in [2.05, 4.69) is 202 Å². The first-order chi connectivity index (χ1) is 26.3. The van der Waals surface area contributed by atoms with E-state index in [-0.39, 0.29) is 0 Å². The van der Waals surface area contributed by atoms with Gasteiger partial charge in [-0.1, -0.05) is 133 Å². The second kappa shape index (κ2) is 10.7. The van der Waals surface area contributed by atoms with Crippen LogP contribution in [0.1, 0.15) is 0 Å². The molecule has 12 aromatic rings. The van der Waals surface area contributed by atoms with Crippen LogP contribution in [0.5, 0.6) is 0 Å². The van der Waals surface area contributed by atoms with Crippen molar-refractivity contribution >= 4 is 87.0 Å². The lowest BCUT2D eigenvalue weighted by Gasteiger charge is -2.15. The van der Waals surface area contributed by atoms with Crippen molar-refractivity contribution in [1.82, 2.24) is 13.7 Å². The first-order valence-electron chi connectivity index (χ1n) is 18.3. The number of para-hydroxylation sites is 5. The molecule has 3 aromatic heterocycles. The monoisotopic (exact) mass is 673 g/mol. The fraction of sp³-hybridized carbons (Fsp3) is 0. The van der Waals surface area contributed by atoms with Crippen molar-refractivity contribution in [2.24, 2.45) is 0 Å². The van der Waals surface area contributed by atoms with Gasteiger partial charge in [-0.2, -0.15) is 0 Å². The highest BCUT2D eigenvalue weighted by molar-refractivity contribution is 6.27. The summed E-state index contributed by atoms with van der Waals surface area (Å²) < 4.78 is 7.33. The summed E-state index contributed by atoms with van der Waals surface area (Å²) in [6.07, 6.45) is 0. The molecule has 3 nitrogen and oxygen atoms in total. The predicted molar refractivity (Wildman–Crippen MR) is 224 cm³/mol. The molecule has 0 aliphatic heterocycles. The Morgan fingerprint density at radius 2 is 0.528 bits per heavy atom. The van der Waals surface area contributed by atoms with Gasteiger partial charge in [-0.05, 0) is 65.4 Å². The number of hydrogen-bond donors (Lipinski definition) is 0. The molecule has 53 heavy (non-hydrogen) atoms. The van der Waals surface area contributed by atoms with Crippen LogP contribution in [0.4, 0.5) is 0 Å². The van der Waals surface area contributed by atoms with Crippen molar-refractivity contribution in [1.29, 1.82) is 0 Å². The zero-order chi connectivity index (χ0) is 34.6. The molecule has 0 spiro atoms. The second-order valence-corrected chi connectivity index (χ2v) is 14.1. The van der Waals surface area contributed by atoms with Gasteiger partial charge in [-0.3, -0.25) is 0 Å². The fourth-order valence-electron chi connectivity index (χ4n) is 9.23. The molecule has 0 radical (unpaired) electrons. The van der Waals surface area contributed by atoms with Gasteiger partial charge >= 0.3 is 0 Å². The van der Waals surface area contributed by atoms with Crippen molar-refractivity contribution in [3.63, 3.8) is 0 Å². The van der Waals surface area contributed by atoms with E-state index in [0.717, 1.165) is 11.4 Å². The Hall–Kier alpha value is -7.10. The molecular weight excluding hydrogens is 643 g/mol. The maximum atomic E-state index is 2.48. The molecule has 246 valence electrons. The summed E-state index contributed by atoms with van der Waals surface area (Å²) in [6.45, 7) is 0. The molecule has 3 heteroatoms. The maximum Gasteiger partial charge on any atom is 0.0619 e. The lowest BCUT2D eigenvalue weighted by Crippen LogP contribution is -1.99. The summed E-state index contributed by atoms with van der Waals surface area (Å²) in [5.74, 6) is 0. The van der Waals surface area contributed by atoms with E-state index in [4.69, 9.17) is 0 Å². The molecule has 0 atom stereocenters. The van der Waals surface area contributed by atoms with E-state index < -0.39 is 0 Å². The SMILES string of the molecule is c1ccc(-n2c3ccccc3c3ccc4c5ccc6c7ccccc7n(-c7cccc(-n8c9ccccc9c9ccccc98)c7)c6c5ccc4c32)cc1. The summed E-state index contributed by atoms with van der Waals surface area (Å²) in [4.78, 5) is 0. The molecule has 0 unspecified atom stereocenters. The van der Waals surface area contributed by atoms with Gasteiger partial charge in [0.1, 0.15) is 0 Å². The van der Waals surface area contributed by atoms with E-state index in [0.29, 0.717) is 0 Å².